The average molecular weight is 422 g/mol. The van der Waals surface area contributed by atoms with Crippen molar-refractivity contribution < 1.29 is 19.2 Å². The van der Waals surface area contributed by atoms with Crippen LogP contribution in [-0.2, 0) is 14.4 Å². The summed E-state index contributed by atoms with van der Waals surface area (Å²) >= 11 is 0. The first-order chi connectivity index (χ1) is 14.3. The minimum atomic E-state index is -0.814. The van der Waals surface area contributed by atoms with Crippen LogP contribution in [0.3, 0.4) is 0 Å². The number of carbonyl (C=O) groups excluding carboxylic acids is 4. The topological polar surface area (TPSA) is 93.3 Å². The van der Waals surface area contributed by atoms with E-state index < -0.39 is 11.6 Å². The largest absolute Gasteiger partial charge is 0.348 e. The fourth-order valence-electron chi connectivity index (χ4n) is 4.68. The normalized spacial score (nSPS) is 27.9. The SMILES string of the molecule is CCC1CCC2(CC1)NC(=O)N(CC(=O)N1CCCN(CC(=O)N(C)C)CC1)C2=O. The third-order valence-corrected chi connectivity index (χ3v) is 6.87. The van der Waals surface area contributed by atoms with Gasteiger partial charge in [0.1, 0.15) is 12.1 Å². The van der Waals surface area contributed by atoms with E-state index in [1.54, 1.807) is 23.9 Å². The van der Waals surface area contributed by atoms with Crippen molar-refractivity contribution in [2.24, 2.45) is 5.92 Å². The second kappa shape index (κ2) is 9.32. The number of imide groups is 1. The Morgan fingerprint density at radius 3 is 2.40 bits per heavy atom. The zero-order chi connectivity index (χ0) is 21.9. The maximum atomic E-state index is 13.0. The molecular weight excluding hydrogens is 386 g/mol. The molecule has 2 heterocycles. The maximum absolute atomic E-state index is 13.0. The first kappa shape index (κ1) is 22.5. The lowest BCUT2D eigenvalue weighted by Crippen LogP contribution is -2.50. The van der Waals surface area contributed by atoms with Gasteiger partial charge in [0.15, 0.2) is 0 Å². The zero-order valence-corrected chi connectivity index (χ0v) is 18.5. The van der Waals surface area contributed by atoms with Crippen LogP contribution in [0, 0.1) is 5.92 Å². The van der Waals surface area contributed by atoms with E-state index in [4.69, 9.17) is 0 Å². The Kier molecular flexibility index (Phi) is 7.00. The molecule has 9 heteroatoms. The molecule has 1 N–H and O–H groups in total. The molecule has 0 aromatic heterocycles. The summed E-state index contributed by atoms with van der Waals surface area (Å²) in [6.45, 7) is 4.69. The second-order valence-electron chi connectivity index (χ2n) is 9.05. The summed E-state index contributed by atoms with van der Waals surface area (Å²) in [7, 11) is 3.46. The van der Waals surface area contributed by atoms with Crippen molar-refractivity contribution in [3.63, 3.8) is 0 Å². The Hall–Kier alpha value is -2.16. The summed E-state index contributed by atoms with van der Waals surface area (Å²) in [4.78, 5) is 56.8. The predicted molar refractivity (Wildman–Crippen MR) is 112 cm³/mol. The molecule has 2 aliphatic heterocycles. The highest BCUT2D eigenvalue weighted by Gasteiger charge is 2.52. The molecule has 0 atom stereocenters. The highest BCUT2D eigenvalue weighted by atomic mass is 16.2. The molecule has 0 bridgehead atoms. The molecule has 5 amide bonds. The highest BCUT2D eigenvalue weighted by molar-refractivity contribution is 6.09. The van der Waals surface area contributed by atoms with Crippen LogP contribution >= 0.6 is 0 Å². The molecule has 3 aliphatic rings. The highest BCUT2D eigenvalue weighted by Crippen LogP contribution is 2.37. The number of amides is 5. The van der Waals surface area contributed by atoms with Crippen LogP contribution in [0.4, 0.5) is 4.79 Å². The van der Waals surface area contributed by atoms with Crippen LogP contribution in [0.5, 0.6) is 0 Å². The summed E-state index contributed by atoms with van der Waals surface area (Å²) in [6, 6.07) is -0.448. The fourth-order valence-corrected chi connectivity index (χ4v) is 4.68. The van der Waals surface area contributed by atoms with Gasteiger partial charge in [0.25, 0.3) is 5.91 Å². The number of hydrogen-bond donors (Lipinski definition) is 1. The molecule has 0 radical (unpaired) electrons. The van der Waals surface area contributed by atoms with Gasteiger partial charge in [0.05, 0.1) is 6.54 Å². The third-order valence-electron chi connectivity index (χ3n) is 6.87. The van der Waals surface area contributed by atoms with Crippen molar-refractivity contribution >= 4 is 23.8 Å². The summed E-state index contributed by atoms with van der Waals surface area (Å²) in [5.74, 6) is 0.189. The minimum absolute atomic E-state index is 0.0391. The quantitative estimate of drug-likeness (QED) is 0.653. The second-order valence-corrected chi connectivity index (χ2v) is 9.05. The monoisotopic (exact) mass is 421 g/mol. The molecule has 1 saturated carbocycles. The van der Waals surface area contributed by atoms with Gasteiger partial charge in [-0.15, -0.1) is 0 Å². The van der Waals surface area contributed by atoms with Gasteiger partial charge in [0.2, 0.25) is 11.8 Å². The molecule has 30 heavy (non-hydrogen) atoms. The van der Waals surface area contributed by atoms with Crippen molar-refractivity contribution in [1.29, 1.82) is 0 Å². The smallest absolute Gasteiger partial charge is 0.325 e. The summed E-state index contributed by atoms with van der Waals surface area (Å²) in [5, 5.41) is 2.89. The van der Waals surface area contributed by atoms with Gasteiger partial charge in [-0.3, -0.25) is 24.2 Å². The van der Waals surface area contributed by atoms with Gasteiger partial charge in [-0.05, 0) is 38.0 Å². The zero-order valence-electron chi connectivity index (χ0n) is 18.5. The number of urea groups is 1. The van der Waals surface area contributed by atoms with Gasteiger partial charge in [-0.25, -0.2) is 4.79 Å². The average Bonchev–Trinajstić information content (AvgIpc) is 2.88. The van der Waals surface area contributed by atoms with Crippen LogP contribution in [0.2, 0.25) is 0 Å². The van der Waals surface area contributed by atoms with Crippen molar-refractivity contribution in [2.45, 2.75) is 51.0 Å². The molecule has 3 fully saturated rings. The molecule has 9 nitrogen and oxygen atoms in total. The van der Waals surface area contributed by atoms with Gasteiger partial charge in [-0.1, -0.05) is 13.3 Å². The fraction of sp³-hybridized carbons (Fsp3) is 0.810. The van der Waals surface area contributed by atoms with E-state index in [0.29, 0.717) is 44.9 Å². The van der Waals surface area contributed by atoms with Crippen molar-refractivity contribution in [2.75, 3.05) is 53.4 Å². The lowest BCUT2D eigenvalue weighted by atomic mass is 9.75. The Morgan fingerprint density at radius 2 is 1.77 bits per heavy atom. The van der Waals surface area contributed by atoms with E-state index in [2.05, 4.69) is 12.2 Å². The summed E-state index contributed by atoms with van der Waals surface area (Å²) < 4.78 is 0. The Morgan fingerprint density at radius 1 is 1.07 bits per heavy atom. The van der Waals surface area contributed by atoms with Gasteiger partial charge < -0.3 is 15.1 Å². The van der Waals surface area contributed by atoms with Gasteiger partial charge >= 0.3 is 6.03 Å². The molecule has 1 spiro atoms. The number of likely N-dealkylation sites (N-methyl/N-ethyl adjacent to an activating group) is 1. The van der Waals surface area contributed by atoms with E-state index in [0.717, 1.165) is 37.1 Å². The van der Waals surface area contributed by atoms with Crippen molar-refractivity contribution in [3.05, 3.63) is 0 Å². The standard InChI is InChI=1S/C21H35N5O4/c1-4-16-6-8-21(9-7-16)19(29)26(20(30)22-21)15-18(28)25-11-5-10-24(12-13-25)14-17(27)23(2)3/h16H,4-15H2,1-3H3,(H,22,30). The van der Waals surface area contributed by atoms with Crippen molar-refractivity contribution in [1.82, 2.24) is 24.9 Å². The number of nitrogens with one attached hydrogen (secondary N) is 1. The van der Waals surface area contributed by atoms with Crippen LogP contribution < -0.4 is 5.32 Å². The molecule has 168 valence electrons. The van der Waals surface area contributed by atoms with E-state index in [1.807, 2.05) is 4.90 Å². The number of hydrogen-bond acceptors (Lipinski definition) is 5. The van der Waals surface area contributed by atoms with E-state index in [9.17, 15) is 19.2 Å². The predicted octanol–water partition coefficient (Wildman–Crippen LogP) is 0.500. The lowest BCUT2D eigenvalue weighted by Gasteiger charge is -2.34. The van der Waals surface area contributed by atoms with Crippen LogP contribution in [0.1, 0.15) is 45.4 Å². The molecule has 3 rings (SSSR count). The number of carbonyl (C=O) groups is 4. The molecular formula is C21H35N5O4. The Balaban J connectivity index is 1.55. The maximum Gasteiger partial charge on any atom is 0.325 e. The van der Waals surface area contributed by atoms with Crippen LogP contribution in [0.15, 0.2) is 0 Å². The lowest BCUT2D eigenvalue weighted by molar-refractivity contribution is -0.139. The first-order valence-electron chi connectivity index (χ1n) is 11.1. The van der Waals surface area contributed by atoms with E-state index in [-0.39, 0.29) is 24.3 Å². The molecule has 1 aliphatic carbocycles. The van der Waals surface area contributed by atoms with Gasteiger partial charge in [0, 0.05) is 40.3 Å². The molecule has 2 saturated heterocycles. The molecule has 0 unspecified atom stereocenters. The van der Waals surface area contributed by atoms with Crippen LogP contribution in [-0.4, -0.2) is 102 Å². The number of nitrogens with zero attached hydrogens (tertiary/aromatic N) is 4. The van der Waals surface area contributed by atoms with Crippen LogP contribution in [0.25, 0.3) is 0 Å². The molecule has 0 aromatic rings. The van der Waals surface area contributed by atoms with E-state index >= 15 is 0 Å². The number of rotatable bonds is 5. The summed E-state index contributed by atoms with van der Waals surface area (Å²) in [5.41, 5.74) is -0.814. The molecule has 0 aromatic carbocycles. The van der Waals surface area contributed by atoms with Crippen molar-refractivity contribution in [3.8, 4) is 0 Å². The van der Waals surface area contributed by atoms with E-state index in [1.165, 1.54) is 0 Å². The Labute approximate surface area is 178 Å². The van der Waals surface area contributed by atoms with Gasteiger partial charge in [-0.2, -0.15) is 0 Å². The third kappa shape index (κ3) is 4.77. The Bertz CT molecular complexity index is 687. The summed E-state index contributed by atoms with van der Waals surface area (Å²) in [6.07, 6.45) is 5.01. The minimum Gasteiger partial charge on any atom is -0.348 e. The first-order valence-corrected chi connectivity index (χ1v) is 11.1.